The van der Waals surface area contributed by atoms with E-state index in [9.17, 15) is 0 Å². The van der Waals surface area contributed by atoms with Crippen LogP contribution in [0.1, 0.15) is 17.5 Å². The van der Waals surface area contributed by atoms with Crippen molar-refractivity contribution in [1.82, 2.24) is 20.2 Å². The van der Waals surface area contributed by atoms with Crippen molar-refractivity contribution in [3.63, 3.8) is 0 Å². The molecular formula is C16H18N4OS. The van der Waals surface area contributed by atoms with E-state index in [0.717, 1.165) is 22.6 Å². The SMILES string of the molecule is Cc1ccc(C)c(OCCCn2nnc(-c3cccs3)n2)c1. The Balaban J connectivity index is 1.50. The lowest BCUT2D eigenvalue weighted by atomic mass is 10.1. The van der Waals surface area contributed by atoms with Crippen molar-refractivity contribution < 1.29 is 4.74 Å². The highest BCUT2D eigenvalue weighted by atomic mass is 32.1. The molecule has 6 heteroatoms. The Morgan fingerprint density at radius 2 is 2.14 bits per heavy atom. The van der Waals surface area contributed by atoms with E-state index in [2.05, 4.69) is 47.5 Å². The summed E-state index contributed by atoms with van der Waals surface area (Å²) < 4.78 is 5.83. The average molecular weight is 314 g/mol. The number of hydrogen-bond donors (Lipinski definition) is 0. The maximum Gasteiger partial charge on any atom is 0.214 e. The van der Waals surface area contributed by atoms with Gasteiger partial charge in [0.1, 0.15) is 5.75 Å². The van der Waals surface area contributed by atoms with Gasteiger partial charge in [0.05, 0.1) is 18.0 Å². The molecule has 0 saturated carbocycles. The Morgan fingerprint density at radius 1 is 1.23 bits per heavy atom. The molecule has 0 N–H and O–H groups in total. The summed E-state index contributed by atoms with van der Waals surface area (Å²) in [5.74, 6) is 1.64. The average Bonchev–Trinajstić information content (AvgIpc) is 3.17. The summed E-state index contributed by atoms with van der Waals surface area (Å²) in [5.41, 5.74) is 2.36. The Hall–Kier alpha value is -2.21. The van der Waals surface area contributed by atoms with Crippen LogP contribution in [0.15, 0.2) is 35.7 Å². The van der Waals surface area contributed by atoms with E-state index in [1.165, 1.54) is 5.56 Å². The summed E-state index contributed by atoms with van der Waals surface area (Å²) in [4.78, 5) is 2.67. The Kier molecular flexibility index (Phi) is 4.48. The molecule has 0 spiro atoms. The summed E-state index contributed by atoms with van der Waals surface area (Å²) >= 11 is 1.61. The fraction of sp³-hybridized carbons (Fsp3) is 0.312. The topological polar surface area (TPSA) is 52.8 Å². The third-order valence-electron chi connectivity index (χ3n) is 3.30. The van der Waals surface area contributed by atoms with Crippen LogP contribution in [0.4, 0.5) is 0 Å². The third kappa shape index (κ3) is 3.51. The zero-order valence-corrected chi connectivity index (χ0v) is 13.5. The van der Waals surface area contributed by atoms with Crippen LogP contribution < -0.4 is 4.74 Å². The molecule has 2 heterocycles. The van der Waals surface area contributed by atoms with Gasteiger partial charge in [0, 0.05) is 6.42 Å². The number of rotatable bonds is 6. The van der Waals surface area contributed by atoms with Gasteiger partial charge in [-0.2, -0.15) is 4.80 Å². The van der Waals surface area contributed by atoms with Gasteiger partial charge in [0.15, 0.2) is 0 Å². The molecule has 5 nitrogen and oxygen atoms in total. The van der Waals surface area contributed by atoms with Crippen LogP contribution in [0.5, 0.6) is 5.75 Å². The molecule has 0 aliphatic carbocycles. The van der Waals surface area contributed by atoms with E-state index in [4.69, 9.17) is 4.74 Å². The molecule has 1 aromatic carbocycles. The number of benzene rings is 1. The van der Waals surface area contributed by atoms with Gasteiger partial charge in [-0.05, 0) is 47.7 Å². The van der Waals surface area contributed by atoms with Gasteiger partial charge in [-0.25, -0.2) is 0 Å². The lowest BCUT2D eigenvalue weighted by Gasteiger charge is -2.09. The molecule has 0 unspecified atom stereocenters. The van der Waals surface area contributed by atoms with Crippen molar-refractivity contribution in [3.05, 3.63) is 46.8 Å². The summed E-state index contributed by atoms with van der Waals surface area (Å²) in [5, 5.41) is 14.5. The molecule has 0 amide bonds. The number of nitrogens with zero attached hydrogens (tertiary/aromatic N) is 4. The van der Waals surface area contributed by atoms with Crippen molar-refractivity contribution in [2.75, 3.05) is 6.61 Å². The molecule has 0 aliphatic heterocycles. The standard InChI is InChI=1S/C16H18N4OS/c1-12-6-7-13(2)14(11-12)21-9-4-8-20-18-16(17-19-20)15-5-3-10-22-15/h3,5-7,10-11H,4,8-9H2,1-2H3. The quantitative estimate of drug-likeness (QED) is 0.654. The molecule has 0 atom stereocenters. The number of aryl methyl sites for hydroxylation is 3. The van der Waals surface area contributed by atoms with Gasteiger partial charge in [0.25, 0.3) is 0 Å². The normalized spacial score (nSPS) is 10.8. The van der Waals surface area contributed by atoms with E-state index in [-0.39, 0.29) is 0 Å². The number of thiophene rings is 1. The van der Waals surface area contributed by atoms with Crippen LogP contribution in [0.25, 0.3) is 10.7 Å². The van der Waals surface area contributed by atoms with Crippen molar-refractivity contribution in [2.24, 2.45) is 0 Å². The van der Waals surface area contributed by atoms with E-state index >= 15 is 0 Å². The predicted molar refractivity (Wildman–Crippen MR) is 87.2 cm³/mol. The van der Waals surface area contributed by atoms with Crippen LogP contribution in [-0.2, 0) is 6.54 Å². The number of hydrogen-bond acceptors (Lipinski definition) is 5. The van der Waals surface area contributed by atoms with Crippen molar-refractivity contribution in [1.29, 1.82) is 0 Å². The minimum atomic E-state index is 0.639. The van der Waals surface area contributed by atoms with Crippen LogP contribution in [-0.4, -0.2) is 26.8 Å². The van der Waals surface area contributed by atoms with Gasteiger partial charge < -0.3 is 4.74 Å². The first-order valence-corrected chi connectivity index (χ1v) is 8.12. The maximum absolute atomic E-state index is 5.83. The second-order valence-electron chi connectivity index (χ2n) is 5.16. The van der Waals surface area contributed by atoms with E-state index in [1.54, 1.807) is 16.1 Å². The van der Waals surface area contributed by atoms with Gasteiger partial charge in [0.2, 0.25) is 5.82 Å². The first kappa shape index (κ1) is 14.7. The van der Waals surface area contributed by atoms with Gasteiger partial charge in [-0.15, -0.1) is 21.5 Å². The Labute approximate surface area is 133 Å². The second-order valence-corrected chi connectivity index (χ2v) is 6.10. The first-order valence-electron chi connectivity index (χ1n) is 7.24. The Morgan fingerprint density at radius 3 is 2.95 bits per heavy atom. The van der Waals surface area contributed by atoms with Crippen LogP contribution >= 0.6 is 11.3 Å². The van der Waals surface area contributed by atoms with Crippen LogP contribution in [0, 0.1) is 13.8 Å². The minimum Gasteiger partial charge on any atom is -0.493 e. The van der Waals surface area contributed by atoms with Crippen molar-refractivity contribution in [3.8, 4) is 16.5 Å². The second kappa shape index (κ2) is 6.70. The fourth-order valence-electron chi connectivity index (χ4n) is 2.09. The first-order chi connectivity index (χ1) is 10.7. The molecule has 0 bridgehead atoms. The maximum atomic E-state index is 5.83. The molecule has 0 aliphatic rings. The summed E-state index contributed by atoms with van der Waals surface area (Å²) in [6, 6.07) is 10.2. The zero-order valence-electron chi connectivity index (χ0n) is 12.7. The summed E-state index contributed by atoms with van der Waals surface area (Å²) in [7, 11) is 0. The highest BCUT2D eigenvalue weighted by Gasteiger charge is 2.06. The zero-order chi connectivity index (χ0) is 15.4. The van der Waals surface area contributed by atoms with Crippen LogP contribution in [0.3, 0.4) is 0 Å². The monoisotopic (exact) mass is 314 g/mol. The Bertz CT molecular complexity index is 736. The highest BCUT2D eigenvalue weighted by Crippen LogP contribution is 2.20. The number of tetrazole rings is 1. The van der Waals surface area contributed by atoms with Gasteiger partial charge in [-0.1, -0.05) is 18.2 Å². The van der Waals surface area contributed by atoms with Crippen LogP contribution in [0.2, 0.25) is 0 Å². The molecule has 3 rings (SSSR count). The molecular weight excluding hydrogens is 296 g/mol. The minimum absolute atomic E-state index is 0.639. The summed E-state index contributed by atoms with van der Waals surface area (Å²) in [6.45, 7) is 5.46. The van der Waals surface area contributed by atoms with Crippen molar-refractivity contribution >= 4 is 11.3 Å². The molecule has 0 saturated heterocycles. The summed E-state index contributed by atoms with van der Waals surface area (Å²) in [6.07, 6.45) is 0.841. The highest BCUT2D eigenvalue weighted by molar-refractivity contribution is 7.13. The smallest absolute Gasteiger partial charge is 0.214 e. The van der Waals surface area contributed by atoms with E-state index in [0.29, 0.717) is 19.0 Å². The fourth-order valence-corrected chi connectivity index (χ4v) is 2.74. The van der Waals surface area contributed by atoms with E-state index in [1.807, 2.05) is 17.5 Å². The molecule has 114 valence electrons. The molecule has 22 heavy (non-hydrogen) atoms. The number of ether oxygens (including phenoxy) is 1. The largest absolute Gasteiger partial charge is 0.493 e. The van der Waals surface area contributed by atoms with Gasteiger partial charge in [-0.3, -0.25) is 0 Å². The molecule has 0 fully saturated rings. The third-order valence-corrected chi connectivity index (χ3v) is 4.16. The van der Waals surface area contributed by atoms with Gasteiger partial charge >= 0.3 is 0 Å². The molecule has 2 aromatic heterocycles. The lowest BCUT2D eigenvalue weighted by Crippen LogP contribution is -2.08. The molecule has 3 aromatic rings. The predicted octanol–water partition coefficient (Wildman–Crippen LogP) is 3.49. The molecule has 0 radical (unpaired) electrons. The van der Waals surface area contributed by atoms with E-state index < -0.39 is 0 Å². The number of aromatic nitrogens is 4. The van der Waals surface area contributed by atoms with Crippen molar-refractivity contribution in [2.45, 2.75) is 26.8 Å². The lowest BCUT2D eigenvalue weighted by molar-refractivity contribution is 0.291.